The first-order chi connectivity index (χ1) is 11.4. The molecule has 0 fully saturated rings. The van der Waals surface area contributed by atoms with E-state index >= 15 is 0 Å². The van der Waals surface area contributed by atoms with Gasteiger partial charge in [0, 0.05) is 23.5 Å². The van der Waals surface area contributed by atoms with Crippen LogP contribution in [0.25, 0.3) is 0 Å². The lowest BCUT2D eigenvalue weighted by molar-refractivity contribution is -0.117. The number of urea groups is 1. The molecule has 7 nitrogen and oxygen atoms in total. The fourth-order valence-corrected chi connectivity index (χ4v) is 2.50. The Balaban J connectivity index is 2.08. The van der Waals surface area contributed by atoms with Crippen molar-refractivity contribution in [3.05, 3.63) is 41.3 Å². The number of hydrogen-bond donors (Lipinski definition) is 3. The molecular weight excluding hydrogens is 308 g/mol. The molecule has 7 heteroatoms. The second-order valence-electron chi connectivity index (χ2n) is 5.51. The highest BCUT2D eigenvalue weighted by atomic mass is 16.5. The van der Waals surface area contributed by atoms with Crippen molar-refractivity contribution in [2.75, 3.05) is 17.2 Å². The zero-order valence-corrected chi connectivity index (χ0v) is 14.3. The summed E-state index contributed by atoms with van der Waals surface area (Å²) < 4.78 is 5.12. The molecule has 24 heavy (non-hydrogen) atoms. The molecule has 2 aromatic rings. The van der Waals surface area contributed by atoms with Crippen molar-refractivity contribution >= 4 is 23.3 Å². The normalized spacial score (nSPS) is 11.7. The molecule has 0 bridgehead atoms. The first-order valence-corrected chi connectivity index (χ1v) is 7.81. The highest BCUT2D eigenvalue weighted by Gasteiger charge is 2.23. The third kappa shape index (κ3) is 4.13. The first kappa shape index (κ1) is 17.5. The lowest BCUT2D eigenvalue weighted by atomic mass is 9.98. The molecule has 0 unspecified atom stereocenters. The van der Waals surface area contributed by atoms with Gasteiger partial charge in [-0.1, -0.05) is 11.2 Å². The number of rotatable bonds is 5. The van der Waals surface area contributed by atoms with E-state index in [1.165, 1.54) is 0 Å². The molecule has 128 valence electrons. The predicted octanol–water partition coefficient (Wildman–Crippen LogP) is 3.18. The van der Waals surface area contributed by atoms with Crippen LogP contribution < -0.4 is 16.0 Å². The Morgan fingerprint density at radius 1 is 1.21 bits per heavy atom. The summed E-state index contributed by atoms with van der Waals surface area (Å²) in [6, 6.07) is 6.69. The standard InChI is InChI=1S/C17H22N4O3/c1-5-18-17(23)20-14-8-6-7-13(9-14)19-16(22)10(2)15-11(3)21-24-12(15)4/h6-10H,5H2,1-4H3,(H,19,22)(H2,18,20,23)/t10-/m0/s1. The van der Waals surface area contributed by atoms with E-state index in [9.17, 15) is 9.59 Å². The Hall–Kier alpha value is -2.83. The van der Waals surface area contributed by atoms with E-state index in [1.807, 2.05) is 13.8 Å². The summed E-state index contributed by atoms with van der Waals surface area (Å²) in [5.41, 5.74) is 2.71. The second kappa shape index (κ2) is 7.63. The minimum absolute atomic E-state index is 0.167. The zero-order valence-electron chi connectivity index (χ0n) is 14.3. The number of carbonyl (C=O) groups is 2. The largest absolute Gasteiger partial charge is 0.361 e. The van der Waals surface area contributed by atoms with Crippen LogP contribution in [0.4, 0.5) is 16.2 Å². The zero-order chi connectivity index (χ0) is 17.7. The molecule has 0 aliphatic carbocycles. The maximum atomic E-state index is 12.5. The molecule has 0 spiro atoms. The molecule has 0 saturated carbocycles. The quantitative estimate of drug-likeness (QED) is 0.784. The monoisotopic (exact) mass is 330 g/mol. The van der Waals surface area contributed by atoms with Gasteiger partial charge in [0.25, 0.3) is 0 Å². The van der Waals surface area contributed by atoms with Gasteiger partial charge in [0.15, 0.2) is 0 Å². The van der Waals surface area contributed by atoms with Gasteiger partial charge >= 0.3 is 6.03 Å². The number of amides is 3. The van der Waals surface area contributed by atoms with Crippen LogP contribution in [-0.4, -0.2) is 23.6 Å². The van der Waals surface area contributed by atoms with Crippen LogP contribution in [0.15, 0.2) is 28.8 Å². The molecule has 1 atom stereocenters. The average molecular weight is 330 g/mol. The summed E-state index contributed by atoms with van der Waals surface area (Å²) in [6.07, 6.45) is 0. The van der Waals surface area contributed by atoms with Crippen molar-refractivity contribution in [2.45, 2.75) is 33.6 Å². The maximum Gasteiger partial charge on any atom is 0.319 e. The smallest absolute Gasteiger partial charge is 0.319 e. The lowest BCUT2D eigenvalue weighted by Crippen LogP contribution is -2.28. The number of carbonyl (C=O) groups excluding carboxylic acids is 2. The van der Waals surface area contributed by atoms with Crippen LogP contribution in [0.5, 0.6) is 0 Å². The summed E-state index contributed by atoms with van der Waals surface area (Å²) >= 11 is 0. The van der Waals surface area contributed by atoms with Gasteiger partial charge in [0.2, 0.25) is 5.91 Å². The Bertz CT molecular complexity index is 720. The summed E-state index contributed by atoms with van der Waals surface area (Å²) in [5.74, 6) is 0.0811. The van der Waals surface area contributed by atoms with Crippen LogP contribution in [0.1, 0.15) is 36.8 Å². The summed E-state index contributed by atoms with van der Waals surface area (Å²) in [5, 5.41) is 12.1. The van der Waals surface area contributed by atoms with Gasteiger partial charge < -0.3 is 20.5 Å². The van der Waals surface area contributed by atoms with Crippen molar-refractivity contribution in [1.82, 2.24) is 10.5 Å². The Labute approximate surface area is 140 Å². The van der Waals surface area contributed by atoms with Crippen LogP contribution in [-0.2, 0) is 4.79 Å². The predicted molar refractivity (Wildman–Crippen MR) is 92.2 cm³/mol. The minimum Gasteiger partial charge on any atom is -0.361 e. The van der Waals surface area contributed by atoms with Gasteiger partial charge in [-0.3, -0.25) is 4.79 Å². The van der Waals surface area contributed by atoms with Crippen LogP contribution >= 0.6 is 0 Å². The molecule has 1 aromatic carbocycles. The molecule has 0 saturated heterocycles. The molecule has 0 radical (unpaired) electrons. The number of hydrogen-bond acceptors (Lipinski definition) is 4. The van der Waals surface area contributed by atoms with E-state index in [0.717, 1.165) is 5.56 Å². The third-order valence-corrected chi connectivity index (χ3v) is 3.64. The van der Waals surface area contributed by atoms with Gasteiger partial charge in [-0.15, -0.1) is 0 Å². The second-order valence-corrected chi connectivity index (χ2v) is 5.51. The third-order valence-electron chi connectivity index (χ3n) is 3.64. The highest BCUT2D eigenvalue weighted by molar-refractivity contribution is 5.97. The van der Waals surface area contributed by atoms with Crippen molar-refractivity contribution in [3.8, 4) is 0 Å². The van der Waals surface area contributed by atoms with E-state index in [0.29, 0.717) is 29.4 Å². The van der Waals surface area contributed by atoms with Crippen molar-refractivity contribution in [3.63, 3.8) is 0 Å². The number of anilines is 2. The van der Waals surface area contributed by atoms with E-state index in [-0.39, 0.29) is 11.9 Å². The molecule has 0 aliphatic rings. The van der Waals surface area contributed by atoms with E-state index in [4.69, 9.17) is 4.52 Å². The van der Waals surface area contributed by atoms with Gasteiger partial charge in [-0.2, -0.15) is 0 Å². The summed E-state index contributed by atoms with van der Waals surface area (Å²) in [4.78, 5) is 24.0. The van der Waals surface area contributed by atoms with Gasteiger partial charge in [0.1, 0.15) is 5.76 Å². The molecule has 1 aromatic heterocycles. The number of nitrogens with one attached hydrogen (secondary N) is 3. The minimum atomic E-state index is -0.392. The van der Waals surface area contributed by atoms with Gasteiger partial charge in [-0.25, -0.2) is 4.79 Å². The number of aromatic nitrogens is 1. The molecule has 2 rings (SSSR count). The van der Waals surface area contributed by atoms with Gasteiger partial charge in [0.05, 0.1) is 11.6 Å². The van der Waals surface area contributed by atoms with Crippen LogP contribution in [0.3, 0.4) is 0 Å². The van der Waals surface area contributed by atoms with Crippen molar-refractivity contribution in [2.24, 2.45) is 0 Å². The van der Waals surface area contributed by atoms with Crippen LogP contribution in [0, 0.1) is 13.8 Å². The van der Waals surface area contributed by atoms with E-state index < -0.39 is 5.92 Å². The molecule has 0 aliphatic heterocycles. The fraction of sp³-hybridized carbons (Fsp3) is 0.353. The number of aryl methyl sites for hydroxylation is 2. The van der Waals surface area contributed by atoms with Crippen molar-refractivity contribution < 1.29 is 14.1 Å². The fourth-order valence-electron chi connectivity index (χ4n) is 2.50. The molecular formula is C17H22N4O3. The van der Waals surface area contributed by atoms with Crippen molar-refractivity contribution in [1.29, 1.82) is 0 Å². The number of benzene rings is 1. The molecule has 3 amide bonds. The number of nitrogens with zero attached hydrogens (tertiary/aromatic N) is 1. The maximum absolute atomic E-state index is 12.5. The average Bonchev–Trinajstić information content (AvgIpc) is 2.86. The lowest BCUT2D eigenvalue weighted by Gasteiger charge is -2.13. The first-order valence-electron chi connectivity index (χ1n) is 7.81. The van der Waals surface area contributed by atoms with E-state index in [1.54, 1.807) is 38.1 Å². The topological polar surface area (TPSA) is 96.3 Å². The van der Waals surface area contributed by atoms with E-state index in [2.05, 4.69) is 21.1 Å². The summed E-state index contributed by atoms with van der Waals surface area (Å²) in [7, 11) is 0. The Morgan fingerprint density at radius 2 is 1.88 bits per heavy atom. The van der Waals surface area contributed by atoms with Gasteiger partial charge in [-0.05, 0) is 45.9 Å². The molecule has 1 heterocycles. The SMILES string of the molecule is CCNC(=O)Nc1cccc(NC(=O)[C@@H](C)c2c(C)noc2C)c1. The van der Waals surface area contributed by atoms with Crippen LogP contribution in [0.2, 0.25) is 0 Å². The highest BCUT2D eigenvalue weighted by Crippen LogP contribution is 2.25. The Kier molecular flexibility index (Phi) is 5.57. The Morgan fingerprint density at radius 3 is 2.46 bits per heavy atom. The molecule has 3 N–H and O–H groups in total. The summed E-state index contributed by atoms with van der Waals surface area (Å²) in [6.45, 7) is 7.78.